The molecule has 7 heteroatoms. The normalized spacial score (nSPS) is 23.0. The zero-order valence-electron chi connectivity index (χ0n) is 12.8. The molecule has 0 aliphatic carbocycles. The van der Waals surface area contributed by atoms with Gasteiger partial charge in [-0.05, 0) is 31.6 Å². The van der Waals surface area contributed by atoms with Crippen molar-refractivity contribution in [3.05, 3.63) is 16.3 Å². The Morgan fingerprint density at radius 3 is 2.81 bits per heavy atom. The van der Waals surface area contributed by atoms with Gasteiger partial charge in [-0.3, -0.25) is 0 Å². The van der Waals surface area contributed by atoms with Crippen molar-refractivity contribution < 1.29 is 8.42 Å². The Morgan fingerprint density at radius 1 is 1.43 bits per heavy atom. The van der Waals surface area contributed by atoms with E-state index in [2.05, 4.69) is 30.8 Å². The molecule has 2 N–H and O–H groups in total. The largest absolute Gasteiger partial charge is 0.310 e. The second-order valence-electron chi connectivity index (χ2n) is 6.01. The highest BCUT2D eigenvalue weighted by Gasteiger charge is 2.31. The van der Waals surface area contributed by atoms with E-state index in [1.54, 1.807) is 11.4 Å². The number of sulfonamides is 1. The Morgan fingerprint density at radius 2 is 2.19 bits per heavy atom. The molecule has 1 unspecified atom stereocenters. The summed E-state index contributed by atoms with van der Waals surface area (Å²) in [7, 11) is -3.38. The smallest absolute Gasteiger partial charge is 0.241 e. The second-order valence-corrected chi connectivity index (χ2v) is 10.5. The molecule has 1 saturated heterocycles. The van der Waals surface area contributed by atoms with Crippen LogP contribution in [0, 0.1) is 0 Å². The minimum atomic E-state index is -3.38. The summed E-state index contributed by atoms with van der Waals surface area (Å²) in [4.78, 5) is 1.44. The standard InChI is InChI=1S/C14H24N2O2S3/c1-11(2)15-8-12-7-13(9-19-12)21(17,18)16-10-14(3)5-4-6-20-14/h7,9,11,15-16H,4-6,8,10H2,1-3H3. The summed E-state index contributed by atoms with van der Waals surface area (Å²) in [6, 6.07) is 2.16. The Balaban J connectivity index is 1.96. The number of hydrogen-bond donors (Lipinski definition) is 2. The lowest BCUT2D eigenvalue weighted by Crippen LogP contribution is -2.36. The first kappa shape index (κ1) is 17.3. The molecule has 0 spiro atoms. The molecule has 120 valence electrons. The Bertz CT molecular complexity index is 561. The third-order valence-electron chi connectivity index (χ3n) is 3.56. The highest BCUT2D eigenvalue weighted by Crippen LogP contribution is 2.37. The molecule has 0 saturated carbocycles. The van der Waals surface area contributed by atoms with E-state index in [9.17, 15) is 8.42 Å². The average molecular weight is 349 g/mol. The summed E-state index contributed by atoms with van der Waals surface area (Å²) in [6.07, 6.45) is 2.25. The third kappa shape index (κ3) is 4.96. The van der Waals surface area contributed by atoms with Gasteiger partial charge in [-0.2, -0.15) is 11.8 Å². The van der Waals surface area contributed by atoms with E-state index in [0.29, 0.717) is 24.0 Å². The summed E-state index contributed by atoms with van der Waals surface area (Å²) < 4.78 is 27.5. The predicted molar refractivity (Wildman–Crippen MR) is 91.6 cm³/mol. The zero-order chi connectivity index (χ0) is 15.5. The topological polar surface area (TPSA) is 58.2 Å². The molecule has 1 aromatic rings. The summed E-state index contributed by atoms with van der Waals surface area (Å²) in [5, 5.41) is 5.03. The van der Waals surface area contributed by atoms with Crippen LogP contribution in [0.15, 0.2) is 16.3 Å². The quantitative estimate of drug-likeness (QED) is 0.795. The number of nitrogens with one attached hydrogen (secondary N) is 2. The Hall–Kier alpha value is -0.0800. The van der Waals surface area contributed by atoms with Crippen LogP contribution in [-0.4, -0.2) is 31.5 Å². The van der Waals surface area contributed by atoms with Gasteiger partial charge in [0, 0.05) is 34.1 Å². The van der Waals surface area contributed by atoms with Crippen LogP contribution in [0.25, 0.3) is 0 Å². The molecule has 1 atom stereocenters. The van der Waals surface area contributed by atoms with Crippen molar-refractivity contribution in [2.75, 3.05) is 12.3 Å². The van der Waals surface area contributed by atoms with Crippen LogP contribution in [0.3, 0.4) is 0 Å². The maximum Gasteiger partial charge on any atom is 0.241 e. The van der Waals surface area contributed by atoms with Crippen molar-refractivity contribution in [2.24, 2.45) is 0 Å². The molecule has 0 radical (unpaired) electrons. The van der Waals surface area contributed by atoms with Crippen LogP contribution in [0.2, 0.25) is 0 Å². The van der Waals surface area contributed by atoms with E-state index in [-0.39, 0.29) is 4.75 Å². The molecular formula is C14H24N2O2S3. The van der Waals surface area contributed by atoms with Gasteiger partial charge in [-0.15, -0.1) is 11.3 Å². The van der Waals surface area contributed by atoms with Crippen molar-refractivity contribution in [3.63, 3.8) is 0 Å². The van der Waals surface area contributed by atoms with Crippen LogP contribution in [0.1, 0.15) is 38.5 Å². The number of thiophene rings is 1. The molecule has 1 aliphatic rings. The fraction of sp³-hybridized carbons (Fsp3) is 0.714. The molecule has 1 aromatic heterocycles. The molecule has 0 amide bonds. The molecular weight excluding hydrogens is 324 g/mol. The van der Waals surface area contributed by atoms with Gasteiger partial charge in [0.1, 0.15) is 0 Å². The summed E-state index contributed by atoms with van der Waals surface area (Å²) in [5.74, 6) is 1.13. The fourth-order valence-corrected chi connectivity index (χ4v) is 5.94. The van der Waals surface area contributed by atoms with Gasteiger partial charge in [0.2, 0.25) is 10.0 Å². The molecule has 1 fully saturated rings. The molecule has 2 rings (SSSR count). The van der Waals surface area contributed by atoms with Crippen molar-refractivity contribution in [1.82, 2.24) is 10.0 Å². The van der Waals surface area contributed by atoms with Crippen molar-refractivity contribution in [1.29, 1.82) is 0 Å². The predicted octanol–water partition coefficient (Wildman–Crippen LogP) is 2.81. The molecule has 0 aromatic carbocycles. The van der Waals surface area contributed by atoms with Gasteiger partial charge in [0.25, 0.3) is 0 Å². The first-order chi connectivity index (χ1) is 9.81. The monoisotopic (exact) mass is 348 g/mol. The van der Waals surface area contributed by atoms with Crippen LogP contribution in [0.5, 0.6) is 0 Å². The Labute approximate surface area is 136 Å². The number of thioether (sulfide) groups is 1. The second kappa shape index (κ2) is 7.00. The minimum absolute atomic E-state index is 0.0467. The zero-order valence-corrected chi connectivity index (χ0v) is 15.3. The minimum Gasteiger partial charge on any atom is -0.310 e. The van der Waals surface area contributed by atoms with E-state index in [1.807, 2.05) is 11.8 Å². The lowest BCUT2D eigenvalue weighted by Gasteiger charge is -2.22. The van der Waals surface area contributed by atoms with E-state index in [0.717, 1.165) is 17.1 Å². The lowest BCUT2D eigenvalue weighted by atomic mass is 10.1. The van der Waals surface area contributed by atoms with Gasteiger partial charge in [0.15, 0.2) is 0 Å². The van der Waals surface area contributed by atoms with E-state index < -0.39 is 10.0 Å². The molecule has 1 aliphatic heterocycles. The third-order valence-corrected chi connectivity index (χ3v) is 7.57. The van der Waals surface area contributed by atoms with Crippen molar-refractivity contribution in [3.8, 4) is 0 Å². The van der Waals surface area contributed by atoms with Gasteiger partial charge >= 0.3 is 0 Å². The van der Waals surface area contributed by atoms with Gasteiger partial charge in [-0.25, -0.2) is 13.1 Å². The maximum atomic E-state index is 12.3. The highest BCUT2D eigenvalue weighted by molar-refractivity contribution is 8.01. The first-order valence-corrected chi connectivity index (χ1v) is 10.6. The number of rotatable bonds is 7. The van der Waals surface area contributed by atoms with E-state index in [4.69, 9.17) is 0 Å². The van der Waals surface area contributed by atoms with Crippen molar-refractivity contribution in [2.45, 2.75) is 55.8 Å². The maximum absolute atomic E-state index is 12.3. The van der Waals surface area contributed by atoms with Crippen LogP contribution >= 0.6 is 23.1 Å². The van der Waals surface area contributed by atoms with Crippen LogP contribution in [0.4, 0.5) is 0 Å². The lowest BCUT2D eigenvalue weighted by molar-refractivity contribution is 0.552. The van der Waals surface area contributed by atoms with E-state index >= 15 is 0 Å². The molecule has 2 heterocycles. The van der Waals surface area contributed by atoms with Crippen LogP contribution < -0.4 is 10.0 Å². The average Bonchev–Trinajstić information content (AvgIpc) is 3.04. The first-order valence-electron chi connectivity index (χ1n) is 7.25. The Kier molecular flexibility index (Phi) is 5.76. The molecule has 21 heavy (non-hydrogen) atoms. The van der Waals surface area contributed by atoms with Gasteiger partial charge in [-0.1, -0.05) is 13.8 Å². The summed E-state index contributed by atoms with van der Waals surface area (Å²) in [5.41, 5.74) is 0. The van der Waals surface area contributed by atoms with Gasteiger partial charge < -0.3 is 5.32 Å². The van der Waals surface area contributed by atoms with Crippen LogP contribution in [-0.2, 0) is 16.6 Å². The summed E-state index contributed by atoms with van der Waals surface area (Å²) in [6.45, 7) is 7.51. The van der Waals surface area contributed by atoms with Crippen molar-refractivity contribution >= 4 is 33.1 Å². The molecule has 0 bridgehead atoms. The molecule has 4 nitrogen and oxygen atoms in total. The number of hydrogen-bond acceptors (Lipinski definition) is 5. The van der Waals surface area contributed by atoms with Gasteiger partial charge in [0.05, 0.1) is 4.90 Å². The van der Waals surface area contributed by atoms with E-state index in [1.165, 1.54) is 17.8 Å². The SMILES string of the molecule is CC(C)NCc1cc(S(=O)(=O)NCC2(C)CCCS2)cs1. The summed E-state index contributed by atoms with van der Waals surface area (Å²) >= 11 is 3.35. The highest BCUT2D eigenvalue weighted by atomic mass is 32.2. The fourth-order valence-electron chi connectivity index (χ4n) is 2.21.